The fourth-order valence-electron chi connectivity index (χ4n) is 3.15. The third-order valence-corrected chi connectivity index (χ3v) is 5.38. The van der Waals surface area contributed by atoms with E-state index in [1.165, 1.54) is 0 Å². The largest absolute Gasteiger partial charge is 0.394 e. The predicted octanol–water partition coefficient (Wildman–Crippen LogP) is -5.60. The van der Waals surface area contributed by atoms with Crippen LogP contribution in [0.15, 0.2) is 0 Å². The lowest BCUT2D eigenvalue weighted by molar-refractivity contribution is -0.376. The van der Waals surface area contributed by atoms with E-state index in [0.717, 1.165) is 26.4 Å². The van der Waals surface area contributed by atoms with E-state index < -0.39 is 74.6 Å². The van der Waals surface area contributed by atoms with E-state index in [1.807, 2.05) is 0 Å². The molecule has 0 radical (unpaired) electrons. The maximum atomic E-state index is 9.84. The Hall–Kier alpha value is -0.560. The van der Waals surface area contributed by atoms with Gasteiger partial charge in [-0.2, -0.15) is 0 Å². The van der Waals surface area contributed by atoms with Crippen molar-refractivity contribution in [1.82, 2.24) is 0 Å². The van der Waals surface area contributed by atoms with Crippen molar-refractivity contribution in [3.8, 4) is 0 Å². The lowest BCUT2D eigenvalue weighted by Gasteiger charge is -2.44. The minimum atomic E-state index is -1.72. The Morgan fingerprint density at radius 1 is 0.594 bits per heavy atom. The molecule has 14 heteroatoms. The van der Waals surface area contributed by atoms with Crippen molar-refractivity contribution in [2.45, 2.75) is 73.6 Å². The van der Waals surface area contributed by atoms with Crippen molar-refractivity contribution in [1.29, 1.82) is 0 Å². The Balaban J connectivity index is 0.000000264. The summed E-state index contributed by atoms with van der Waals surface area (Å²) < 4.78 is 30.4. The summed E-state index contributed by atoms with van der Waals surface area (Å²) in [5.41, 5.74) is 0. The highest BCUT2D eigenvalue weighted by Gasteiger charge is 2.49. The van der Waals surface area contributed by atoms with Gasteiger partial charge in [-0.25, -0.2) is 0 Å². The molecule has 4 aliphatic rings. The molecule has 0 aromatic rings. The molecule has 4 aliphatic heterocycles. The Morgan fingerprint density at radius 2 is 0.969 bits per heavy atom. The number of hydrogen-bond donors (Lipinski definition) is 8. The summed E-state index contributed by atoms with van der Waals surface area (Å²) in [6, 6.07) is 0. The summed E-state index contributed by atoms with van der Waals surface area (Å²) in [6.45, 7) is 1.93. The summed E-state index contributed by atoms with van der Waals surface area (Å²) in [5.74, 6) is 0. The molecule has 8 N–H and O–H groups in total. The molecule has 4 rings (SSSR count). The van der Waals surface area contributed by atoms with Gasteiger partial charge in [-0.15, -0.1) is 0 Å². The number of aliphatic hydroxyl groups is 8. The van der Waals surface area contributed by atoms with Gasteiger partial charge in [0.1, 0.15) is 61.0 Å². The van der Waals surface area contributed by atoms with Gasteiger partial charge in [-0.3, -0.25) is 0 Å². The van der Waals surface area contributed by atoms with Crippen molar-refractivity contribution >= 4 is 0 Å². The van der Waals surface area contributed by atoms with Crippen LogP contribution in [0.4, 0.5) is 0 Å². The maximum absolute atomic E-state index is 9.84. The second-order valence-corrected chi connectivity index (χ2v) is 7.98. The van der Waals surface area contributed by atoms with Crippen molar-refractivity contribution < 1.29 is 69.3 Å². The fraction of sp³-hybridized carbons (Fsp3) is 1.00. The molecule has 0 aromatic heterocycles. The maximum Gasteiger partial charge on any atom is 0.189 e. The number of rotatable bonds is 8. The molecule has 0 saturated carbocycles. The summed E-state index contributed by atoms with van der Waals surface area (Å²) in [5, 5.41) is 76.4. The van der Waals surface area contributed by atoms with E-state index in [9.17, 15) is 30.6 Å². The number of ether oxygens (including phenoxy) is 6. The third kappa shape index (κ3) is 6.74. The molecule has 4 fully saturated rings. The monoisotopic (exact) mass is 472 g/mol. The third-order valence-electron chi connectivity index (χ3n) is 5.38. The minimum absolute atomic E-state index is 0.392. The molecule has 0 spiro atoms. The molecular weight excluding hydrogens is 440 g/mol. The van der Waals surface area contributed by atoms with E-state index in [1.54, 1.807) is 0 Å². The average molecular weight is 472 g/mol. The first-order chi connectivity index (χ1) is 15.3. The SMILES string of the molecule is C(OCC1CO1)C1CO1.OC[C@H]1O[C@H](O[C@H]2O[C@H](CO)[C@@H](O)[C@H](O)[C@H]2O)[C@H](O)[C@@H](O)[C@@H]1O. The first kappa shape index (κ1) is 26.1. The molecule has 32 heavy (non-hydrogen) atoms. The van der Waals surface area contributed by atoms with Crippen LogP contribution in [0.3, 0.4) is 0 Å². The summed E-state index contributed by atoms with van der Waals surface area (Å²) in [6.07, 6.45) is -14.8. The van der Waals surface area contributed by atoms with Gasteiger partial charge in [0.15, 0.2) is 12.6 Å². The van der Waals surface area contributed by atoms with E-state index in [2.05, 4.69) is 0 Å². The second kappa shape index (κ2) is 11.7. The fourth-order valence-corrected chi connectivity index (χ4v) is 3.15. The van der Waals surface area contributed by atoms with Gasteiger partial charge in [0.2, 0.25) is 0 Å². The van der Waals surface area contributed by atoms with Crippen LogP contribution < -0.4 is 0 Å². The molecule has 12 atom stereocenters. The van der Waals surface area contributed by atoms with E-state index >= 15 is 0 Å². The Kier molecular flexibility index (Phi) is 9.54. The first-order valence-electron chi connectivity index (χ1n) is 10.3. The molecule has 2 unspecified atom stereocenters. The van der Waals surface area contributed by atoms with E-state index in [-0.39, 0.29) is 0 Å². The van der Waals surface area contributed by atoms with Gasteiger partial charge >= 0.3 is 0 Å². The van der Waals surface area contributed by atoms with Crippen LogP contribution in [0.2, 0.25) is 0 Å². The molecule has 0 aliphatic carbocycles. The van der Waals surface area contributed by atoms with Gasteiger partial charge in [-0.05, 0) is 0 Å². The van der Waals surface area contributed by atoms with Crippen LogP contribution >= 0.6 is 0 Å². The molecule has 4 heterocycles. The number of hydrogen-bond acceptors (Lipinski definition) is 14. The van der Waals surface area contributed by atoms with Crippen molar-refractivity contribution in [2.75, 3.05) is 39.6 Å². The van der Waals surface area contributed by atoms with Crippen molar-refractivity contribution in [2.24, 2.45) is 0 Å². The molecule has 0 amide bonds. The smallest absolute Gasteiger partial charge is 0.189 e. The molecule has 4 saturated heterocycles. The zero-order valence-corrected chi connectivity index (χ0v) is 17.2. The number of aliphatic hydroxyl groups excluding tert-OH is 8. The molecule has 14 nitrogen and oxygen atoms in total. The molecule has 0 bridgehead atoms. The van der Waals surface area contributed by atoms with Crippen molar-refractivity contribution in [3.63, 3.8) is 0 Å². The van der Waals surface area contributed by atoms with Gasteiger partial charge < -0.3 is 69.3 Å². The Bertz CT molecular complexity index is 510. The topological polar surface area (TPSA) is 224 Å². The zero-order chi connectivity index (χ0) is 23.4. The van der Waals surface area contributed by atoms with E-state index in [0.29, 0.717) is 12.2 Å². The predicted molar refractivity (Wildman–Crippen MR) is 98.9 cm³/mol. The normalized spacial score (nSPS) is 48.0. The van der Waals surface area contributed by atoms with Gasteiger partial charge in [-0.1, -0.05) is 0 Å². The average Bonchev–Trinajstić information content (AvgIpc) is 3.71. The minimum Gasteiger partial charge on any atom is -0.394 e. The number of epoxide rings is 2. The van der Waals surface area contributed by atoms with Gasteiger partial charge in [0.05, 0.1) is 39.6 Å². The van der Waals surface area contributed by atoms with Gasteiger partial charge in [0.25, 0.3) is 0 Å². The van der Waals surface area contributed by atoms with E-state index in [4.69, 9.17) is 38.6 Å². The summed E-state index contributed by atoms with van der Waals surface area (Å²) in [4.78, 5) is 0. The van der Waals surface area contributed by atoms with Crippen LogP contribution in [0.25, 0.3) is 0 Å². The molecule has 188 valence electrons. The lowest BCUT2D eigenvalue weighted by Crippen LogP contribution is -2.63. The highest BCUT2D eigenvalue weighted by atomic mass is 16.8. The highest BCUT2D eigenvalue weighted by molar-refractivity contribution is 4.92. The summed E-state index contributed by atoms with van der Waals surface area (Å²) >= 11 is 0. The van der Waals surface area contributed by atoms with Crippen molar-refractivity contribution in [3.05, 3.63) is 0 Å². The van der Waals surface area contributed by atoms with Crippen LogP contribution in [0, 0.1) is 0 Å². The van der Waals surface area contributed by atoms with Crippen LogP contribution in [-0.4, -0.2) is 154 Å². The summed E-state index contributed by atoms with van der Waals surface area (Å²) in [7, 11) is 0. The first-order valence-corrected chi connectivity index (χ1v) is 10.3. The van der Waals surface area contributed by atoms with Crippen LogP contribution in [0.5, 0.6) is 0 Å². The van der Waals surface area contributed by atoms with Crippen LogP contribution in [-0.2, 0) is 28.4 Å². The molecule has 0 aromatic carbocycles. The molecular formula is C18H32O14. The highest BCUT2D eigenvalue weighted by Crippen LogP contribution is 2.27. The Labute approximate surface area is 183 Å². The lowest BCUT2D eigenvalue weighted by atomic mass is 9.98. The van der Waals surface area contributed by atoms with Crippen LogP contribution in [0.1, 0.15) is 0 Å². The zero-order valence-electron chi connectivity index (χ0n) is 17.2. The van der Waals surface area contributed by atoms with Gasteiger partial charge in [0, 0.05) is 0 Å². The second-order valence-electron chi connectivity index (χ2n) is 7.98. The standard InChI is InChI=1S/C12H22O11.C6H10O3/c13-1-3-5(15)7(17)9(19)11(21-3)23-12-10(20)8(18)6(16)4(2-14)22-12;1(5-3-8-5)7-2-6-4-9-6/h3-20H,1-2H2;5-6H,1-4H2/t3-,4-,5-,6-,7+,8+,9-,10-,11-,12-;/m1./s1. The Morgan fingerprint density at radius 3 is 1.28 bits per heavy atom. The quantitative estimate of drug-likeness (QED) is 0.154.